The lowest BCUT2D eigenvalue weighted by molar-refractivity contribution is -0.136. The smallest absolute Gasteiger partial charge is 0.226 e. The largest absolute Gasteiger partial charge is 0.332 e. The minimum Gasteiger partial charge on any atom is -0.332 e. The quantitative estimate of drug-likeness (QED) is 0.798. The molecule has 0 spiro atoms. The van der Waals surface area contributed by atoms with Crippen molar-refractivity contribution >= 4 is 16.9 Å². The van der Waals surface area contributed by atoms with Crippen LogP contribution >= 0.6 is 0 Å². The number of nitrogens with zero attached hydrogens (tertiary/aromatic N) is 3. The number of allylic oxidation sites excluding steroid dienone is 2. The molecule has 126 valence electrons. The number of likely N-dealkylation sites (tertiary alicyclic amines) is 1. The minimum atomic E-state index is 0.135. The van der Waals surface area contributed by atoms with E-state index < -0.39 is 0 Å². The van der Waals surface area contributed by atoms with Gasteiger partial charge in [0.15, 0.2) is 0 Å². The Morgan fingerprint density at radius 2 is 2.12 bits per heavy atom. The molecule has 1 aromatic heterocycles. The average molecular weight is 323 g/mol. The molecule has 0 radical (unpaired) electrons. The number of benzene rings is 1. The van der Waals surface area contributed by atoms with Gasteiger partial charge in [0.2, 0.25) is 5.91 Å². The zero-order chi connectivity index (χ0) is 16.5. The summed E-state index contributed by atoms with van der Waals surface area (Å²) < 4.78 is 2.28. The summed E-state index contributed by atoms with van der Waals surface area (Å²) >= 11 is 0. The van der Waals surface area contributed by atoms with Gasteiger partial charge in [0.05, 0.1) is 17.1 Å². The molecule has 1 fully saturated rings. The third-order valence-electron chi connectivity index (χ3n) is 5.45. The molecule has 0 saturated carbocycles. The molecule has 4 nitrogen and oxygen atoms in total. The van der Waals surface area contributed by atoms with Gasteiger partial charge in [0, 0.05) is 19.0 Å². The summed E-state index contributed by atoms with van der Waals surface area (Å²) in [5.74, 6) is 1.56. The van der Waals surface area contributed by atoms with Crippen molar-refractivity contribution < 1.29 is 4.79 Å². The Morgan fingerprint density at radius 1 is 1.25 bits per heavy atom. The first-order chi connectivity index (χ1) is 11.8. The Hall–Kier alpha value is -2.10. The van der Waals surface area contributed by atoms with Crippen LogP contribution in [0.5, 0.6) is 0 Å². The van der Waals surface area contributed by atoms with E-state index in [0.29, 0.717) is 5.91 Å². The minimum absolute atomic E-state index is 0.135. The number of aryl methyl sites for hydroxylation is 1. The van der Waals surface area contributed by atoms with E-state index in [2.05, 4.69) is 46.7 Å². The van der Waals surface area contributed by atoms with E-state index in [9.17, 15) is 4.79 Å². The number of carbonyl (C=O) groups excluding carboxylic acids is 1. The highest BCUT2D eigenvalue weighted by Crippen LogP contribution is 2.35. The van der Waals surface area contributed by atoms with Crippen molar-refractivity contribution in [2.75, 3.05) is 6.54 Å². The van der Waals surface area contributed by atoms with E-state index >= 15 is 0 Å². The highest BCUT2D eigenvalue weighted by molar-refractivity contribution is 5.80. The Bertz CT molecular complexity index is 776. The lowest BCUT2D eigenvalue weighted by Crippen LogP contribution is -2.37. The predicted octanol–water partition coefficient (Wildman–Crippen LogP) is 4.08. The number of hydrogen-bond acceptors (Lipinski definition) is 2. The fraction of sp³-hybridized carbons (Fsp3) is 0.500. The van der Waals surface area contributed by atoms with Crippen molar-refractivity contribution in [1.29, 1.82) is 0 Å². The molecule has 2 atom stereocenters. The van der Waals surface area contributed by atoms with Crippen molar-refractivity contribution in [3.63, 3.8) is 0 Å². The van der Waals surface area contributed by atoms with Crippen LogP contribution in [-0.4, -0.2) is 26.9 Å². The fourth-order valence-corrected chi connectivity index (χ4v) is 4.23. The first kappa shape index (κ1) is 15.4. The van der Waals surface area contributed by atoms with Crippen LogP contribution in [0.4, 0.5) is 0 Å². The number of fused-ring (bicyclic) bond motifs is 1. The van der Waals surface area contributed by atoms with Gasteiger partial charge in [-0.05, 0) is 51.2 Å². The van der Waals surface area contributed by atoms with E-state index in [4.69, 9.17) is 4.98 Å². The van der Waals surface area contributed by atoms with Crippen molar-refractivity contribution in [3.8, 4) is 0 Å². The summed E-state index contributed by atoms with van der Waals surface area (Å²) in [6.45, 7) is 3.92. The van der Waals surface area contributed by atoms with Crippen LogP contribution in [0.25, 0.3) is 11.0 Å². The Morgan fingerprint density at radius 3 is 2.92 bits per heavy atom. The van der Waals surface area contributed by atoms with E-state index in [1.165, 1.54) is 5.52 Å². The zero-order valence-electron chi connectivity index (χ0n) is 14.3. The third kappa shape index (κ3) is 2.54. The highest BCUT2D eigenvalue weighted by Gasteiger charge is 2.36. The average Bonchev–Trinajstić information content (AvgIpc) is 3.25. The summed E-state index contributed by atoms with van der Waals surface area (Å²) in [6.07, 6.45) is 9.38. The molecule has 1 aliphatic heterocycles. The van der Waals surface area contributed by atoms with Gasteiger partial charge < -0.3 is 9.47 Å². The molecule has 24 heavy (non-hydrogen) atoms. The molecule has 1 aliphatic carbocycles. The number of para-hydroxylation sites is 2. The second-order valence-corrected chi connectivity index (χ2v) is 6.87. The van der Waals surface area contributed by atoms with Crippen LogP contribution in [0.3, 0.4) is 0 Å². The Labute approximate surface area is 143 Å². The van der Waals surface area contributed by atoms with Gasteiger partial charge in [0.1, 0.15) is 5.82 Å². The van der Waals surface area contributed by atoms with Crippen molar-refractivity contribution in [2.45, 2.75) is 51.6 Å². The number of imidazole rings is 1. The van der Waals surface area contributed by atoms with Crippen LogP contribution in [-0.2, 0) is 11.3 Å². The van der Waals surface area contributed by atoms with Gasteiger partial charge in [-0.1, -0.05) is 24.3 Å². The van der Waals surface area contributed by atoms with Crippen molar-refractivity contribution in [2.24, 2.45) is 5.92 Å². The number of amides is 1. The number of carbonyl (C=O) groups is 1. The lowest BCUT2D eigenvalue weighted by Gasteiger charge is -2.29. The second kappa shape index (κ2) is 6.42. The molecule has 2 heterocycles. The van der Waals surface area contributed by atoms with Gasteiger partial charge in [-0.25, -0.2) is 4.98 Å². The standard InChI is InChI=1S/C20H25N3O/c1-2-22-17-12-7-6-11-16(17)21-19(22)18-13-8-14-23(18)20(24)15-9-4-3-5-10-15/h3-4,6-7,11-12,15,18H,2,5,8-10,13-14H2,1H3/t15-,18-/m1/s1. The van der Waals surface area contributed by atoms with Crippen LogP contribution in [0.2, 0.25) is 0 Å². The summed E-state index contributed by atoms with van der Waals surface area (Å²) in [7, 11) is 0. The highest BCUT2D eigenvalue weighted by atomic mass is 16.2. The topological polar surface area (TPSA) is 38.1 Å². The van der Waals surface area contributed by atoms with Crippen molar-refractivity contribution in [3.05, 3.63) is 42.2 Å². The molecule has 1 saturated heterocycles. The van der Waals surface area contributed by atoms with Gasteiger partial charge in [-0.15, -0.1) is 0 Å². The monoisotopic (exact) mass is 323 g/mol. The molecule has 1 aromatic carbocycles. The maximum Gasteiger partial charge on any atom is 0.226 e. The molecule has 0 unspecified atom stereocenters. The van der Waals surface area contributed by atoms with Gasteiger partial charge >= 0.3 is 0 Å². The second-order valence-electron chi connectivity index (χ2n) is 6.87. The summed E-state index contributed by atoms with van der Waals surface area (Å²) in [6, 6.07) is 8.42. The van der Waals surface area contributed by atoms with Crippen LogP contribution in [0.1, 0.15) is 50.9 Å². The predicted molar refractivity (Wildman–Crippen MR) is 95.6 cm³/mol. The summed E-state index contributed by atoms with van der Waals surface area (Å²) in [5, 5.41) is 0. The normalized spacial score (nSPS) is 24.0. The summed E-state index contributed by atoms with van der Waals surface area (Å²) in [5.41, 5.74) is 2.21. The molecule has 1 amide bonds. The molecule has 2 aromatic rings. The van der Waals surface area contributed by atoms with E-state index in [0.717, 1.165) is 56.5 Å². The first-order valence-corrected chi connectivity index (χ1v) is 9.20. The first-order valence-electron chi connectivity index (χ1n) is 9.20. The molecular formula is C20H25N3O. The molecule has 2 aliphatic rings. The fourth-order valence-electron chi connectivity index (χ4n) is 4.23. The molecule has 4 rings (SSSR count). The molecule has 0 N–H and O–H groups in total. The third-order valence-corrected chi connectivity index (χ3v) is 5.45. The van der Waals surface area contributed by atoms with Crippen LogP contribution in [0.15, 0.2) is 36.4 Å². The van der Waals surface area contributed by atoms with Crippen LogP contribution in [0, 0.1) is 5.92 Å². The maximum absolute atomic E-state index is 13.1. The molecule has 0 bridgehead atoms. The number of aromatic nitrogens is 2. The Kier molecular flexibility index (Phi) is 4.13. The van der Waals surface area contributed by atoms with E-state index in [1.54, 1.807) is 0 Å². The van der Waals surface area contributed by atoms with Gasteiger partial charge in [0.25, 0.3) is 0 Å². The maximum atomic E-state index is 13.1. The number of rotatable bonds is 3. The van der Waals surface area contributed by atoms with Gasteiger partial charge in [-0.2, -0.15) is 0 Å². The lowest BCUT2D eigenvalue weighted by atomic mass is 9.93. The molecule has 4 heteroatoms. The number of hydrogen-bond donors (Lipinski definition) is 0. The van der Waals surface area contributed by atoms with E-state index in [1.807, 2.05) is 6.07 Å². The Balaban J connectivity index is 1.67. The van der Waals surface area contributed by atoms with E-state index in [-0.39, 0.29) is 12.0 Å². The zero-order valence-corrected chi connectivity index (χ0v) is 14.3. The van der Waals surface area contributed by atoms with Gasteiger partial charge in [-0.3, -0.25) is 4.79 Å². The van der Waals surface area contributed by atoms with Crippen LogP contribution < -0.4 is 0 Å². The summed E-state index contributed by atoms with van der Waals surface area (Å²) in [4.78, 5) is 20.1. The molecular weight excluding hydrogens is 298 g/mol. The van der Waals surface area contributed by atoms with Crippen molar-refractivity contribution in [1.82, 2.24) is 14.5 Å². The SMILES string of the molecule is CCn1c([C@H]2CCCN2C(=O)[C@@H]2CC=CCC2)nc2ccccc21.